The third-order valence-electron chi connectivity index (χ3n) is 6.94. The van der Waals surface area contributed by atoms with Crippen LogP contribution in [0, 0.1) is 0 Å². The average molecular weight is 428 g/mol. The zero-order valence-electron chi connectivity index (χ0n) is 21.9. The van der Waals surface area contributed by atoms with Crippen molar-refractivity contribution in [2.75, 3.05) is 26.2 Å². The van der Waals surface area contributed by atoms with Crippen LogP contribution in [-0.4, -0.2) is 36.1 Å². The molecule has 0 aliphatic carbocycles. The summed E-state index contributed by atoms with van der Waals surface area (Å²) >= 11 is 0. The molecule has 0 aromatic rings. The van der Waals surface area contributed by atoms with Crippen molar-refractivity contribution in [1.82, 2.24) is 0 Å². The van der Waals surface area contributed by atoms with Gasteiger partial charge in [-0.25, -0.2) is 0 Å². The van der Waals surface area contributed by atoms with Crippen molar-refractivity contribution in [3.05, 3.63) is 0 Å². The second-order valence-corrected chi connectivity index (χ2v) is 9.89. The Balaban J connectivity index is 0. The van der Waals surface area contributed by atoms with Crippen molar-refractivity contribution >= 4 is 0 Å². The summed E-state index contributed by atoms with van der Waals surface area (Å²) in [5.41, 5.74) is 0. The molecule has 0 rings (SSSR count). The van der Waals surface area contributed by atoms with Gasteiger partial charge >= 0.3 is 0 Å². The lowest BCUT2D eigenvalue weighted by Gasteiger charge is -2.39. The highest BCUT2D eigenvalue weighted by molar-refractivity contribution is 4.54. The second kappa shape index (κ2) is 25.2. The lowest BCUT2D eigenvalue weighted by molar-refractivity contribution is -0.929. The Hall–Kier alpha value is -0.0800. The quantitative estimate of drug-likeness (QED) is 0.111. The molecular weight excluding hydrogens is 366 g/mol. The summed E-state index contributed by atoms with van der Waals surface area (Å²) in [6.07, 6.45) is 28.8. The third-order valence-corrected chi connectivity index (χ3v) is 6.94. The third kappa shape index (κ3) is 19.9. The molecule has 0 aliphatic heterocycles. The molecule has 0 radical (unpaired) electrons. The predicted molar refractivity (Wildman–Crippen MR) is 137 cm³/mol. The Bertz CT molecular complexity index is 264. The summed E-state index contributed by atoms with van der Waals surface area (Å²) in [5.74, 6) is 0. The minimum absolute atomic E-state index is 0. The predicted octanol–water partition coefficient (Wildman–Crippen LogP) is 9.51. The van der Waals surface area contributed by atoms with Gasteiger partial charge in [0.15, 0.2) is 0 Å². The number of hydrogen-bond donors (Lipinski definition) is 0. The van der Waals surface area contributed by atoms with Gasteiger partial charge in [0.2, 0.25) is 0 Å². The van der Waals surface area contributed by atoms with E-state index in [1.54, 1.807) is 0 Å². The SMILES string of the molecule is CCCCCCCC[N+](CCCC)(CCCCCCCC)CCCCCCCC.[OH-]. The molecular formula is C28H61NO. The van der Waals surface area contributed by atoms with Crippen LogP contribution in [0.15, 0.2) is 0 Å². The number of unbranched alkanes of at least 4 members (excludes halogenated alkanes) is 16. The van der Waals surface area contributed by atoms with E-state index in [0.29, 0.717) is 0 Å². The van der Waals surface area contributed by atoms with Gasteiger partial charge in [-0.3, -0.25) is 0 Å². The van der Waals surface area contributed by atoms with Gasteiger partial charge in [-0.05, 0) is 44.9 Å². The van der Waals surface area contributed by atoms with E-state index in [9.17, 15) is 0 Å². The average Bonchev–Trinajstić information content (AvgIpc) is 2.74. The summed E-state index contributed by atoms with van der Waals surface area (Å²) < 4.78 is 1.46. The first-order valence-electron chi connectivity index (χ1n) is 14.1. The fourth-order valence-electron chi connectivity index (χ4n) is 4.85. The number of rotatable bonds is 24. The largest absolute Gasteiger partial charge is 0.870 e. The van der Waals surface area contributed by atoms with Gasteiger partial charge in [0, 0.05) is 0 Å². The summed E-state index contributed by atoms with van der Waals surface area (Å²) in [5, 5.41) is 0. The van der Waals surface area contributed by atoms with Crippen molar-refractivity contribution in [3.63, 3.8) is 0 Å². The van der Waals surface area contributed by atoms with Gasteiger partial charge < -0.3 is 9.96 Å². The Kier molecular flexibility index (Phi) is 26.9. The maximum Gasteiger partial charge on any atom is 0.0786 e. The van der Waals surface area contributed by atoms with Crippen LogP contribution in [0.1, 0.15) is 156 Å². The maximum absolute atomic E-state index is 2.38. The zero-order chi connectivity index (χ0) is 21.5. The van der Waals surface area contributed by atoms with Gasteiger partial charge in [-0.15, -0.1) is 0 Å². The molecule has 0 amide bonds. The van der Waals surface area contributed by atoms with Crippen LogP contribution in [0.2, 0.25) is 0 Å². The smallest absolute Gasteiger partial charge is 0.0786 e. The molecule has 0 aromatic heterocycles. The molecule has 2 heteroatoms. The van der Waals surface area contributed by atoms with Gasteiger partial charge in [-0.2, -0.15) is 0 Å². The van der Waals surface area contributed by atoms with E-state index in [0.717, 1.165) is 0 Å². The number of quaternary nitrogens is 1. The Morgan fingerprint density at radius 2 is 0.533 bits per heavy atom. The van der Waals surface area contributed by atoms with Crippen LogP contribution >= 0.6 is 0 Å². The molecule has 0 bridgehead atoms. The summed E-state index contributed by atoms with van der Waals surface area (Å²) in [7, 11) is 0. The normalized spacial score (nSPS) is 11.6. The molecule has 0 aliphatic rings. The van der Waals surface area contributed by atoms with Crippen molar-refractivity contribution in [3.8, 4) is 0 Å². The summed E-state index contributed by atoms with van der Waals surface area (Å²) in [4.78, 5) is 0. The molecule has 0 heterocycles. The Labute approximate surface area is 192 Å². The Morgan fingerprint density at radius 3 is 0.833 bits per heavy atom. The maximum atomic E-state index is 2.38. The van der Waals surface area contributed by atoms with Gasteiger partial charge in [-0.1, -0.05) is 111 Å². The van der Waals surface area contributed by atoms with Gasteiger partial charge in [0.25, 0.3) is 0 Å². The minimum Gasteiger partial charge on any atom is -0.870 e. The highest BCUT2D eigenvalue weighted by Gasteiger charge is 2.25. The van der Waals surface area contributed by atoms with Crippen molar-refractivity contribution in [2.24, 2.45) is 0 Å². The highest BCUT2D eigenvalue weighted by atomic mass is 16.0. The topological polar surface area (TPSA) is 30.0 Å². The fourth-order valence-corrected chi connectivity index (χ4v) is 4.85. The summed E-state index contributed by atoms with van der Waals surface area (Å²) in [6, 6.07) is 0. The van der Waals surface area contributed by atoms with Crippen molar-refractivity contribution < 1.29 is 9.96 Å². The van der Waals surface area contributed by atoms with Crippen LogP contribution in [0.25, 0.3) is 0 Å². The fraction of sp³-hybridized carbons (Fsp3) is 1.00. The number of nitrogens with zero attached hydrogens (tertiary/aromatic N) is 1. The first-order chi connectivity index (χ1) is 14.2. The molecule has 0 spiro atoms. The van der Waals surface area contributed by atoms with Gasteiger partial charge in [0.05, 0.1) is 26.2 Å². The highest BCUT2D eigenvalue weighted by Crippen LogP contribution is 2.19. The standard InChI is InChI=1S/C28H60N.H2O/c1-5-9-13-16-19-22-26-29(25-12-8-4,27-23-20-17-14-10-6-2)28-24-21-18-15-11-7-3;/h5-28H2,1-4H3;1H2/q+1;/p-1. The van der Waals surface area contributed by atoms with Crippen LogP contribution in [0.3, 0.4) is 0 Å². The summed E-state index contributed by atoms with van der Waals surface area (Å²) in [6.45, 7) is 15.2. The lowest BCUT2D eigenvalue weighted by Crippen LogP contribution is -2.50. The van der Waals surface area contributed by atoms with Crippen LogP contribution in [-0.2, 0) is 0 Å². The van der Waals surface area contributed by atoms with E-state index in [4.69, 9.17) is 0 Å². The van der Waals surface area contributed by atoms with E-state index in [-0.39, 0.29) is 5.48 Å². The minimum atomic E-state index is 0. The van der Waals surface area contributed by atoms with Crippen molar-refractivity contribution in [1.29, 1.82) is 0 Å². The van der Waals surface area contributed by atoms with Crippen LogP contribution < -0.4 is 0 Å². The molecule has 0 fully saturated rings. The molecule has 184 valence electrons. The van der Waals surface area contributed by atoms with E-state index >= 15 is 0 Å². The molecule has 0 aromatic carbocycles. The molecule has 2 nitrogen and oxygen atoms in total. The van der Waals surface area contributed by atoms with E-state index in [1.165, 1.54) is 159 Å². The molecule has 1 N–H and O–H groups in total. The van der Waals surface area contributed by atoms with Crippen LogP contribution in [0.4, 0.5) is 0 Å². The molecule has 0 unspecified atom stereocenters. The van der Waals surface area contributed by atoms with Crippen LogP contribution in [0.5, 0.6) is 0 Å². The number of hydrogen-bond acceptors (Lipinski definition) is 1. The second-order valence-electron chi connectivity index (χ2n) is 9.89. The van der Waals surface area contributed by atoms with Crippen molar-refractivity contribution in [2.45, 2.75) is 156 Å². The monoisotopic (exact) mass is 427 g/mol. The molecule has 0 atom stereocenters. The van der Waals surface area contributed by atoms with Gasteiger partial charge in [0.1, 0.15) is 0 Å². The Morgan fingerprint density at radius 1 is 0.300 bits per heavy atom. The first-order valence-corrected chi connectivity index (χ1v) is 14.1. The van der Waals surface area contributed by atoms with E-state index in [1.807, 2.05) is 0 Å². The molecule has 30 heavy (non-hydrogen) atoms. The molecule has 0 saturated heterocycles. The van der Waals surface area contributed by atoms with E-state index in [2.05, 4.69) is 27.7 Å². The van der Waals surface area contributed by atoms with E-state index < -0.39 is 0 Å². The lowest BCUT2D eigenvalue weighted by atomic mass is 10.1. The zero-order valence-corrected chi connectivity index (χ0v) is 21.9. The first kappa shape index (κ1) is 32.1. The molecule has 0 saturated carbocycles.